The van der Waals surface area contributed by atoms with Crippen LogP contribution in [0.4, 0.5) is 0 Å². The molecule has 1 unspecified atom stereocenters. The lowest BCUT2D eigenvalue weighted by Crippen LogP contribution is -1.98. The van der Waals surface area contributed by atoms with Crippen molar-refractivity contribution in [1.82, 2.24) is 4.57 Å². The quantitative estimate of drug-likeness (QED) is 0.260. The Kier molecular flexibility index (Phi) is 3.91. The van der Waals surface area contributed by atoms with Gasteiger partial charge in [-0.05, 0) is 42.3 Å². The van der Waals surface area contributed by atoms with Gasteiger partial charge in [-0.25, -0.2) is 0 Å². The zero-order valence-corrected chi connectivity index (χ0v) is 18.3. The molecule has 7 rings (SSSR count). The van der Waals surface area contributed by atoms with Crippen LogP contribution in [-0.2, 0) is 0 Å². The fraction of sp³-hybridized carbons (Fsp3) is 0.0667. The summed E-state index contributed by atoms with van der Waals surface area (Å²) in [5.74, 6) is 0.477. The van der Waals surface area contributed by atoms with Gasteiger partial charge in [0.1, 0.15) is 0 Å². The van der Waals surface area contributed by atoms with Gasteiger partial charge in [-0.3, -0.25) is 0 Å². The van der Waals surface area contributed by atoms with Gasteiger partial charge in [0.25, 0.3) is 0 Å². The van der Waals surface area contributed by atoms with E-state index < -0.39 is 0 Å². The summed E-state index contributed by atoms with van der Waals surface area (Å²) in [7, 11) is 0. The normalized spacial score (nSPS) is 16.1. The molecule has 1 aliphatic carbocycles. The van der Waals surface area contributed by atoms with Crippen LogP contribution >= 0.6 is 11.3 Å². The molecule has 6 aromatic rings. The van der Waals surface area contributed by atoms with E-state index in [0.717, 1.165) is 6.42 Å². The van der Waals surface area contributed by atoms with Crippen molar-refractivity contribution in [2.75, 3.05) is 0 Å². The lowest BCUT2D eigenvalue weighted by atomic mass is 9.92. The Morgan fingerprint density at radius 2 is 1.50 bits per heavy atom. The summed E-state index contributed by atoms with van der Waals surface area (Å²) in [4.78, 5) is 0. The molecule has 32 heavy (non-hydrogen) atoms. The average molecular weight is 428 g/mol. The maximum atomic E-state index is 2.43. The van der Waals surface area contributed by atoms with E-state index in [1.165, 1.54) is 53.2 Å². The number of allylic oxidation sites excluding steroid dienone is 4. The second-order valence-electron chi connectivity index (χ2n) is 8.53. The standard InChI is InChI=1S/C30H21NS/c1-2-8-20(9-3-1)21-14-16-22(17-15-21)31-26-12-6-4-11-25(26)29-27(31)19-18-24-23-10-5-7-13-28(23)32-30(24)29/h1-8,10-20H,9H2. The van der Waals surface area contributed by atoms with Crippen molar-refractivity contribution in [3.05, 3.63) is 115 Å². The summed E-state index contributed by atoms with van der Waals surface area (Å²) in [6, 6.07) is 31.3. The molecule has 0 bridgehead atoms. The molecular weight excluding hydrogens is 406 g/mol. The molecule has 0 saturated heterocycles. The summed E-state index contributed by atoms with van der Waals surface area (Å²) in [5.41, 5.74) is 5.14. The summed E-state index contributed by atoms with van der Waals surface area (Å²) in [6.07, 6.45) is 9.92. The number of benzene rings is 4. The first-order chi connectivity index (χ1) is 15.9. The highest BCUT2D eigenvalue weighted by atomic mass is 32.1. The molecular formula is C30H21NS. The molecule has 2 heteroatoms. The molecule has 0 amide bonds. The molecule has 152 valence electrons. The summed E-state index contributed by atoms with van der Waals surface area (Å²) >= 11 is 1.91. The van der Waals surface area contributed by atoms with Crippen LogP contribution in [0.2, 0.25) is 0 Å². The highest BCUT2D eigenvalue weighted by Gasteiger charge is 2.17. The summed E-state index contributed by atoms with van der Waals surface area (Å²) < 4.78 is 5.16. The van der Waals surface area contributed by atoms with Crippen molar-refractivity contribution in [3.8, 4) is 5.69 Å². The van der Waals surface area contributed by atoms with E-state index in [4.69, 9.17) is 0 Å². The van der Waals surface area contributed by atoms with Gasteiger partial charge >= 0.3 is 0 Å². The van der Waals surface area contributed by atoms with Gasteiger partial charge < -0.3 is 4.57 Å². The van der Waals surface area contributed by atoms with Crippen LogP contribution in [0.5, 0.6) is 0 Å². The van der Waals surface area contributed by atoms with Gasteiger partial charge in [-0.15, -0.1) is 11.3 Å². The molecule has 2 heterocycles. The van der Waals surface area contributed by atoms with Gasteiger partial charge in [-0.1, -0.05) is 78.9 Å². The zero-order valence-electron chi connectivity index (χ0n) is 17.5. The van der Waals surface area contributed by atoms with Gasteiger partial charge in [0, 0.05) is 42.6 Å². The minimum Gasteiger partial charge on any atom is -0.309 e. The van der Waals surface area contributed by atoms with Gasteiger partial charge in [0.05, 0.1) is 11.0 Å². The van der Waals surface area contributed by atoms with Crippen molar-refractivity contribution < 1.29 is 0 Å². The van der Waals surface area contributed by atoms with Crippen LogP contribution in [0.3, 0.4) is 0 Å². The maximum absolute atomic E-state index is 2.43. The van der Waals surface area contributed by atoms with E-state index in [1.807, 2.05) is 11.3 Å². The topological polar surface area (TPSA) is 4.93 Å². The summed E-state index contributed by atoms with van der Waals surface area (Å²) in [6.45, 7) is 0. The van der Waals surface area contributed by atoms with Gasteiger partial charge in [0.2, 0.25) is 0 Å². The Morgan fingerprint density at radius 3 is 2.34 bits per heavy atom. The highest BCUT2D eigenvalue weighted by molar-refractivity contribution is 7.26. The molecule has 0 spiro atoms. The molecule has 4 aromatic carbocycles. The largest absolute Gasteiger partial charge is 0.309 e. The Labute approximate surface area is 190 Å². The first-order valence-corrected chi connectivity index (χ1v) is 12.0. The smallest absolute Gasteiger partial charge is 0.0555 e. The Balaban J connectivity index is 1.50. The van der Waals surface area contributed by atoms with Crippen LogP contribution < -0.4 is 0 Å². The van der Waals surface area contributed by atoms with Crippen LogP contribution in [0.1, 0.15) is 17.9 Å². The Bertz CT molecular complexity index is 1690. The maximum Gasteiger partial charge on any atom is 0.0555 e. The van der Waals surface area contributed by atoms with Crippen molar-refractivity contribution in [3.63, 3.8) is 0 Å². The molecule has 0 aliphatic heterocycles. The minimum atomic E-state index is 0.477. The molecule has 0 fully saturated rings. The fourth-order valence-corrected chi connectivity index (χ4v) is 6.47. The van der Waals surface area contributed by atoms with E-state index >= 15 is 0 Å². The monoisotopic (exact) mass is 427 g/mol. The minimum absolute atomic E-state index is 0.477. The third kappa shape index (κ3) is 2.57. The third-order valence-corrected chi connectivity index (χ3v) is 7.94. The zero-order chi connectivity index (χ0) is 21.1. The lowest BCUT2D eigenvalue weighted by molar-refractivity contribution is 0.853. The predicted octanol–water partition coefficient (Wildman–Crippen LogP) is 8.75. The van der Waals surface area contributed by atoms with Crippen molar-refractivity contribution in [2.24, 2.45) is 0 Å². The molecule has 1 atom stereocenters. The number of fused-ring (bicyclic) bond motifs is 7. The molecule has 2 aromatic heterocycles. The number of hydrogen-bond donors (Lipinski definition) is 0. The van der Waals surface area contributed by atoms with Crippen molar-refractivity contribution in [1.29, 1.82) is 0 Å². The molecule has 1 aliphatic rings. The van der Waals surface area contributed by atoms with Crippen molar-refractivity contribution in [2.45, 2.75) is 12.3 Å². The summed E-state index contributed by atoms with van der Waals surface area (Å²) in [5, 5.41) is 5.39. The second kappa shape index (κ2) is 6.94. The van der Waals surface area contributed by atoms with Gasteiger partial charge in [-0.2, -0.15) is 0 Å². The van der Waals surface area contributed by atoms with Crippen molar-refractivity contribution >= 4 is 53.3 Å². The fourth-order valence-electron chi connectivity index (χ4n) is 5.21. The first-order valence-electron chi connectivity index (χ1n) is 11.2. The second-order valence-corrected chi connectivity index (χ2v) is 9.59. The molecule has 0 saturated carbocycles. The van der Waals surface area contributed by atoms with Crippen LogP contribution in [-0.4, -0.2) is 4.57 Å². The van der Waals surface area contributed by atoms with E-state index in [9.17, 15) is 0 Å². The number of hydrogen-bond acceptors (Lipinski definition) is 1. The number of rotatable bonds is 2. The number of para-hydroxylation sites is 1. The number of nitrogens with zero attached hydrogens (tertiary/aromatic N) is 1. The van der Waals surface area contributed by atoms with E-state index in [2.05, 4.69) is 114 Å². The number of aromatic nitrogens is 1. The van der Waals surface area contributed by atoms with Crippen LogP contribution in [0.25, 0.3) is 47.7 Å². The van der Waals surface area contributed by atoms with Crippen LogP contribution in [0.15, 0.2) is 109 Å². The van der Waals surface area contributed by atoms with E-state index in [-0.39, 0.29) is 0 Å². The number of thiophene rings is 1. The average Bonchev–Trinajstić information content (AvgIpc) is 3.40. The SMILES string of the molecule is C1=CCC(c2ccc(-n3c4ccccc4c4c5sc6ccccc6c5ccc43)cc2)C=C1. The first kappa shape index (κ1) is 18.0. The predicted molar refractivity (Wildman–Crippen MR) is 139 cm³/mol. The molecule has 1 nitrogen and oxygen atoms in total. The van der Waals surface area contributed by atoms with E-state index in [1.54, 1.807) is 0 Å². The van der Waals surface area contributed by atoms with E-state index in [0.29, 0.717) is 5.92 Å². The Morgan fingerprint density at radius 1 is 0.688 bits per heavy atom. The molecule has 0 radical (unpaired) electrons. The lowest BCUT2D eigenvalue weighted by Gasteiger charge is -2.15. The van der Waals surface area contributed by atoms with Crippen LogP contribution in [0, 0.1) is 0 Å². The van der Waals surface area contributed by atoms with Gasteiger partial charge in [0.15, 0.2) is 0 Å². The molecule has 0 N–H and O–H groups in total. The highest BCUT2D eigenvalue weighted by Crippen LogP contribution is 2.43. The Hall–Kier alpha value is -3.62. The third-order valence-electron chi connectivity index (χ3n) is 6.74.